The van der Waals surface area contributed by atoms with Gasteiger partial charge in [-0.3, -0.25) is 4.68 Å². The van der Waals surface area contributed by atoms with Crippen molar-refractivity contribution in [3.63, 3.8) is 0 Å². The van der Waals surface area contributed by atoms with Crippen molar-refractivity contribution in [1.82, 2.24) is 19.3 Å². The van der Waals surface area contributed by atoms with Gasteiger partial charge >= 0.3 is 0 Å². The van der Waals surface area contributed by atoms with Crippen molar-refractivity contribution in [2.75, 3.05) is 0 Å². The largest absolute Gasteiger partial charge is 0.507 e. The summed E-state index contributed by atoms with van der Waals surface area (Å²) in [6, 6.07) is 22.4. The number of aliphatic hydroxyl groups excluding tert-OH is 1. The smallest absolute Gasteiger partial charge is 0.144 e. The van der Waals surface area contributed by atoms with Gasteiger partial charge in [-0.25, -0.2) is 4.98 Å². The standard InChI is InChI=1S/C29H27N5O2/c1-18(2)28-27(31-29(33(28)3)22-13-12-19(15-30)14-25(22)35)21-10-7-11-24-23(21)16-34(32-24)17-26(36)20-8-5-4-6-9-20/h4-14,16,18,26,35-36H,17H2,1-3H3/t26-/m0/s1. The van der Waals surface area contributed by atoms with Gasteiger partial charge in [-0.2, -0.15) is 10.4 Å². The first-order valence-corrected chi connectivity index (χ1v) is 11.9. The molecule has 3 aromatic carbocycles. The van der Waals surface area contributed by atoms with Crippen LogP contribution in [0.5, 0.6) is 5.75 Å². The molecule has 180 valence electrons. The fourth-order valence-electron chi connectivity index (χ4n) is 4.75. The number of aromatic nitrogens is 4. The monoisotopic (exact) mass is 477 g/mol. The molecule has 0 aliphatic heterocycles. The van der Waals surface area contributed by atoms with Crippen molar-refractivity contribution in [2.24, 2.45) is 7.05 Å². The van der Waals surface area contributed by atoms with E-state index in [1.165, 1.54) is 6.07 Å². The number of phenolic OH excluding ortho intramolecular Hbond substituents is 1. The Kier molecular flexibility index (Phi) is 6.05. The van der Waals surface area contributed by atoms with E-state index < -0.39 is 6.10 Å². The number of rotatable bonds is 6. The topological polar surface area (TPSA) is 99.9 Å². The van der Waals surface area contributed by atoms with Crippen molar-refractivity contribution in [2.45, 2.75) is 32.4 Å². The second-order valence-corrected chi connectivity index (χ2v) is 9.24. The molecule has 36 heavy (non-hydrogen) atoms. The molecule has 2 heterocycles. The highest BCUT2D eigenvalue weighted by Crippen LogP contribution is 2.38. The van der Waals surface area contributed by atoms with Gasteiger partial charge in [0.15, 0.2) is 0 Å². The van der Waals surface area contributed by atoms with Crippen molar-refractivity contribution >= 4 is 10.9 Å². The second-order valence-electron chi connectivity index (χ2n) is 9.24. The van der Waals surface area contributed by atoms with Gasteiger partial charge in [-0.1, -0.05) is 56.3 Å². The van der Waals surface area contributed by atoms with Gasteiger partial charge in [0.1, 0.15) is 11.6 Å². The van der Waals surface area contributed by atoms with Crippen LogP contribution in [-0.2, 0) is 13.6 Å². The van der Waals surface area contributed by atoms with Crippen LogP contribution in [0.3, 0.4) is 0 Å². The van der Waals surface area contributed by atoms with Crippen LogP contribution in [0.25, 0.3) is 33.5 Å². The molecule has 0 bridgehead atoms. The number of aromatic hydroxyl groups is 1. The number of hydrogen-bond donors (Lipinski definition) is 2. The number of aliphatic hydroxyl groups is 1. The van der Waals surface area contributed by atoms with Crippen molar-refractivity contribution in [3.8, 4) is 34.5 Å². The molecule has 0 fully saturated rings. The molecule has 0 spiro atoms. The summed E-state index contributed by atoms with van der Waals surface area (Å²) in [6.07, 6.45) is 1.28. The zero-order chi connectivity index (χ0) is 25.4. The van der Waals surface area contributed by atoms with Crippen LogP contribution in [0.4, 0.5) is 0 Å². The summed E-state index contributed by atoms with van der Waals surface area (Å²) in [5.74, 6) is 0.807. The van der Waals surface area contributed by atoms with E-state index in [2.05, 4.69) is 19.9 Å². The van der Waals surface area contributed by atoms with Gasteiger partial charge in [0.25, 0.3) is 0 Å². The lowest BCUT2D eigenvalue weighted by atomic mass is 10.0. The lowest BCUT2D eigenvalue weighted by Crippen LogP contribution is -2.08. The first-order valence-electron chi connectivity index (χ1n) is 11.9. The quantitative estimate of drug-likeness (QED) is 0.335. The molecule has 1 atom stereocenters. The highest BCUT2D eigenvalue weighted by Gasteiger charge is 2.23. The number of phenols is 1. The van der Waals surface area contributed by atoms with E-state index in [1.807, 2.05) is 66.3 Å². The van der Waals surface area contributed by atoms with Crippen molar-refractivity contribution < 1.29 is 10.2 Å². The van der Waals surface area contributed by atoms with E-state index in [1.54, 1.807) is 16.8 Å². The Balaban J connectivity index is 1.61. The van der Waals surface area contributed by atoms with Gasteiger partial charge in [0, 0.05) is 29.9 Å². The Morgan fingerprint density at radius 3 is 2.47 bits per heavy atom. The predicted molar refractivity (Wildman–Crippen MR) is 139 cm³/mol. The maximum absolute atomic E-state index is 10.7. The first kappa shape index (κ1) is 23.3. The van der Waals surface area contributed by atoms with E-state index in [0.29, 0.717) is 23.5 Å². The summed E-state index contributed by atoms with van der Waals surface area (Å²) < 4.78 is 3.78. The normalized spacial score (nSPS) is 12.2. The fourth-order valence-corrected chi connectivity index (χ4v) is 4.75. The van der Waals surface area contributed by atoms with Crippen molar-refractivity contribution in [1.29, 1.82) is 5.26 Å². The molecule has 0 unspecified atom stereocenters. The highest BCUT2D eigenvalue weighted by atomic mass is 16.3. The Morgan fingerprint density at radius 2 is 1.78 bits per heavy atom. The van der Waals surface area contributed by atoms with Crippen LogP contribution >= 0.6 is 0 Å². The molecule has 7 heteroatoms. The van der Waals surface area contributed by atoms with Gasteiger partial charge in [-0.15, -0.1) is 0 Å². The van der Waals surface area contributed by atoms with Crippen LogP contribution in [0, 0.1) is 11.3 Å². The number of fused-ring (bicyclic) bond motifs is 1. The predicted octanol–water partition coefficient (Wildman–Crippen LogP) is 5.54. The molecule has 7 nitrogen and oxygen atoms in total. The summed E-state index contributed by atoms with van der Waals surface area (Å²) >= 11 is 0. The summed E-state index contributed by atoms with van der Waals surface area (Å²) in [6.45, 7) is 4.56. The van der Waals surface area contributed by atoms with Crippen LogP contribution in [0.2, 0.25) is 0 Å². The molecule has 0 aliphatic carbocycles. The van der Waals surface area contributed by atoms with Crippen LogP contribution in [-0.4, -0.2) is 29.5 Å². The summed E-state index contributed by atoms with van der Waals surface area (Å²) in [4.78, 5) is 4.99. The minimum Gasteiger partial charge on any atom is -0.507 e. The number of imidazole rings is 1. The molecule has 2 N–H and O–H groups in total. The molecular weight excluding hydrogens is 450 g/mol. The molecule has 0 saturated carbocycles. The molecule has 5 rings (SSSR count). The van der Waals surface area contributed by atoms with Crippen LogP contribution < -0.4 is 0 Å². The number of benzene rings is 3. The lowest BCUT2D eigenvalue weighted by molar-refractivity contribution is 0.152. The average Bonchev–Trinajstić information content (AvgIpc) is 3.44. The van der Waals surface area contributed by atoms with Gasteiger partial charge in [-0.05, 0) is 35.7 Å². The molecule has 0 aliphatic rings. The Bertz CT molecular complexity index is 1590. The molecule has 0 saturated heterocycles. The summed E-state index contributed by atoms with van der Waals surface area (Å²) in [5.41, 5.74) is 5.40. The third-order valence-corrected chi connectivity index (χ3v) is 6.45. The molecular formula is C29H27N5O2. The Morgan fingerprint density at radius 1 is 1.00 bits per heavy atom. The highest BCUT2D eigenvalue weighted by molar-refractivity contribution is 5.94. The average molecular weight is 478 g/mol. The van der Waals surface area contributed by atoms with Crippen LogP contribution in [0.15, 0.2) is 72.9 Å². The summed E-state index contributed by atoms with van der Waals surface area (Å²) in [7, 11) is 1.94. The number of hydrogen-bond acceptors (Lipinski definition) is 5. The number of nitrogens with zero attached hydrogens (tertiary/aromatic N) is 5. The third kappa shape index (κ3) is 4.12. The minimum absolute atomic E-state index is 0.0185. The zero-order valence-electron chi connectivity index (χ0n) is 20.4. The van der Waals surface area contributed by atoms with Crippen LogP contribution in [0.1, 0.15) is 42.7 Å². The van der Waals surface area contributed by atoms with E-state index in [9.17, 15) is 10.2 Å². The van der Waals surface area contributed by atoms with E-state index in [0.717, 1.165) is 33.4 Å². The van der Waals surface area contributed by atoms with E-state index in [-0.39, 0.29) is 11.7 Å². The van der Waals surface area contributed by atoms with Gasteiger partial charge < -0.3 is 14.8 Å². The van der Waals surface area contributed by atoms with Gasteiger partial charge in [0.05, 0.1) is 41.1 Å². The van der Waals surface area contributed by atoms with Gasteiger partial charge in [0.2, 0.25) is 0 Å². The SMILES string of the molecule is CC(C)c1c(-c2cccc3nn(C[C@H](O)c4ccccc4)cc23)nc(-c2ccc(C#N)cc2O)n1C. The second kappa shape index (κ2) is 9.33. The Hall–Kier alpha value is -4.41. The maximum atomic E-state index is 10.7. The fraction of sp³-hybridized carbons (Fsp3) is 0.207. The molecule has 0 amide bonds. The first-order chi connectivity index (χ1) is 17.4. The molecule has 2 aromatic heterocycles. The maximum Gasteiger partial charge on any atom is 0.144 e. The molecule has 0 radical (unpaired) electrons. The minimum atomic E-state index is -0.670. The third-order valence-electron chi connectivity index (χ3n) is 6.45. The Labute approximate surface area is 209 Å². The number of nitriles is 1. The molecule has 5 aromatic rings. The van der Waals surface area contributed by atoms with E-state index in [4.69, 9.17) is 15.3 Å². The zero-order valence-corrected chi connectivity index (χ0v) is 20.4. The van der Waals surface area contributed by atoms with Crippen molar-refractivity contribution in [3.05, 3.63) is 89.7 Å². The summed E-state index contributed by atoms with van der Waals surface area (Å²) in [5, 5.41) is 36.1. The lowest BCUT2D eigenvalue weighted by Gasteiger charge is -2.12. The van der Waals surface area contributed by atoms with E-state index >= 15 is 0 Å².